The molecule has 146 valence electrons. The topological polar surface area (TPSA) is 85.4 Å². The van der Waals surface area contributed by atoms with Crippen LogP contribution >= 0.6 is 11.6 Å². The number of hydrogen-bond donors (Lipinski definition) is 2. The average molecular weight is 393 g/mol. The van der Waals surface area contributed by atoms with E-state index in [0.29, 0.717) is 46.1 Å². The van der Waals surface area contributed by atoms with Crippen molar-refractivity contribution in [3.8, 4) is 11.5 Å². The normalized spacial score (nSPS) is 10.6. The lowest BCUT2D eigenvalue weighted by molar-refractivity contribution is 0.0947. The highest BCUT2D eigenvalue weighted by Gasteiger charge is 2.14. The van der Waals surface area contributed by atoms with Crippen LogP contribution in [0.2, 0.25) is 5.02 Å². The van der Waals surface area contributed by atoms with E-state index in [4.69, 9.17) is 21.1 Å². The molecule has 2 rings (SSSR count). The van der Waals surface area contributed by atoms with Gasteiger partial charge in [0, 0.05) is 24.4 Å². The number of hydrogen-bond acceptors (Lipinski definition) is 6. The zero-order valence-electron chi connectivity index (χ0n) is 16.2. The molecular formula is C19H25ClN4O3. The van der Waals surface area contributed by atoms with Gasteiger partial charge in [-0.1, -0.05) is 25.4 Å². The molecule has 0 atom stereocenters. The SMILES string of the molecule is COc1cc(Nc2nc(C)cc(C(=O)NCCC(C)C)n2)c(OC)cc1Cl. The quantitative estimate of drug-likeness (QED) is 0.706. The van der Waals surface area contributed by atoms with Gasteiger partial charge in [0.25, 0.3) is 5.91 Å². The van der Waals surface area contributed by atoms with Crippen molar-refractivity contribution >= 4 is 29.1 Å². The van der Waals surface area contributed by atoms with E-state index in [-0.39, 0.29) is 11.9 Å². The Bertz CT molecular complexity index is 812. The third-order valence-corrected chi connectivity index (χ3v) is 4.11. The molecule has 1 aromatic carbocycles. The lowest BCUT2D eigenvalue weighted by Crippen LogP contribution is -2.26. The highest BCUT2D eigenvalue weighted by atomic mass is 35.5. The number of carbonyl (C=O) groups is 1. The van der Waals surface area contributed by atoms with Gasteiger partial charge in [-0.2, -0.15) is 0 Å². The highest BCUT2D eigenvalue weighted by molar-refractivity contribution is 6.32. The molecule has 0 radical (unpaired) electrons. The Labute approximate surface area is 164 Å². The lowest BCUT2D eigenvalue weighted by Gasteiger charge is -2.14. The third-order valence-electron chi connectivity index (χ3n) is 3.81. The number of aromatic nitrogens is 2. The van der Waals surface area contributed by atoms with Crippen LogP contribution in [0.4, 0.5) is 11.6 Å². The molecule has 0 aliphatic carbocycles. The van der Waals surface area contributed by atoms with Gasteiger partial charge in [-0.3, -0.25) is 4.79 Å². The molecule has 0 spiro atoms. The van der Waals surface area contributed by atoms with Gasteiger partial charge in [-0.05, 0) is 25.3 Å². The maximum atomic E-state index is 12.4. The van der Waals surface area contributed by atoms with E-state index in [9.17, 15) is 4.79 Å². The van der Waals surface area contributed by atoms with E-state index >= 15 is 0 Å². The highest BCUT2D eigenvalue weighted by Crippen LogP contribution is 2.36. The van der Waals surface area contributed by atoms with Crippen LogP contribution in [0.1, 0.15) is 36.5 Å². The molecule has 0 fully saturated rings. The molecule has 27 heavy (non-hydrogen) atoms. The molecule has 2 aromatic rings. The Morgan fingerprint density at radius 2 is 1.85 bits per heavy atom. The molecule has 0 unspecified atom stereocenters. The number of rotatable bonds is 8. The van der Waals surface area contributed by atoms with Crippen molar-refractivity contribution in [2.75, 3.05) is 26.1 Å². The minimum Gasteiger partial charge on any atom is -0.495 e. The fourth-order valence-corrected chi connectivity index (χ4v) is 2.62. The first-order valence-electron chi connectivity index (χ1n) is 8.66. The molecule has 0 aliphatic heterocycles. The number of carbonyl (C=O) groups excluding carboxylic acids is 1. The smallest absolute Gasteiger partial charge is 0.270 e. The Kier molecular flexibility index (Phi) is 7.24. The lowest BCUT2D eigenvalue weighted by atomic mass is 10.1. The summed E-state index contributed by atoms with van der Waals surface area (Å²) >= 11 is 6.13. The number of methoxy groups -OCH3 is 2. The molecule has 0 saturated heterocycles. The van der Waals surface area contributed by atoms with Gasteiger partial charge in [0.1, 0.15) is 17.2 Å². The summed E-state index contributed by atoms with van der Waals surface area (Å²) in [6.07, 6.45) is 0.905. The molecule has 2 N–H and O–H groups in total. The van der Waals surface area contributed by atoms with Crippen molar-refractivity contribution in [3.63, 3.8) is 0 Å². The zero-order chi connectivity index (χ0) is 20.0. The van der Waals surface area contributed by atoms with Gasteiger partial charge in [0.05, 0.1) is 24.9 Å². The molecule has 1 amide bonds. The van der Waals surface area contributed by atoms with Crippen LogP contribution in [-0.2, 0) is 0 Å². The van der Waals surface area contributed by atoms with Crippen molar-refractivity contribution in [1.29, 1.82) is 0 Å². The Morgan fingerprint density at radius 1 is 1.15 bits per heavy atom. The summed E-state index contributed by atoms with van der Waals surface area (Å²) in [5.41, 5.74) is 1.55. The number of ether oxygens (including phenoxy) is 2. The summed E-state index contributed by atoms with van der Waals surface area (Å²) < 4.78 is 10.6. The number of anilines is 2. The van der Waals surface area contributed by atoms with Gasteiger partial charge < -0.3 is 20.1 Å². The first-order valence-corrected chi connectivity index (χ1v) is 9.04. The molecule has 7 nitrogen and oxygen atoms in total. The zero-order valence-corrected chi connectivity index (χ0v) is 17.0. The van der Waals surface area contributed by atoms with Crippen LogP contribution in [-0.4, -0.2) is 36.6 Å². The predicted molar refractivity (Wildman–Crippen MR) is 106 cm³/mol. The molecule has 0 aliphatic rings. The van der Waals surface area contributed by atoms with E-state index < -0.39 is 0 Å². The third kappa shape index (κ3) is 5.72. The Hall–Kier alpha value is -2.54. The number of benzene rings is 1. The second kappa shape index (κ2) is 9.41. The Balaban J connectivity index is 2.25. The second-order valence-corrected chi connectivity index (χ2v) is 6.88. The Morgan fingerprint density at radius 3 is 2.48 bits per heavy atom. The summed E-state index contributed by atoms with van der Waals surface area (Å²) in [5, 5.41) is 6.37. The van der Waals surface area contributed by atoms with Crippen LogP contribution in [0.25, 0.3) is 0 Å². The second-order valence-electron chi connectivity index (χ2n) is 6.47. The summed E-state index contributed by atoms with van der Waals surface area (Å²) in [6, 6.07) is 4.98. The first-order chi connectivity index (χ1) is 12.8. The fraction of sp³-hybridized carbons (Fsp3) is 0.421. The van der Waals surface area contributed by atoms with Crippen LogP contribution in [0, 0.1) is 12.8 Å². The van der Waals surface area contributed by atoms with Crippen LogP contribution in [0.5, 0.6) is 11.5 Å². The van der Waals surface area contributed by atoms with E-state index in [2.05, 4.69) is 34.4 Å². The molecule has 0 saturated carbocycles. The fourth-order valence-electron chi connectivity index (χ4n) is 2.38. The summed E-state index contributed by atoms with van der Waals surface area (Å²) in [6.45, 7) is 6.62. The summed E-state index contributed by atoms with van der Waals surface area (Å²) in [7, 11) is 3.06. The summed E-state index contributed by atoms with van der Waals surface area (Å²) in [5.74, 6) is 1.56. The van der Waals surface area contributed by atoms with Crippen molar-refractivity contribution < 1.29 is 14.3 Å². The van der Waals surface area contributed by atoms with Gasteiger partial charge in [0.2, 0.25) is 5.95 Å². The van der Waals surface area contributed by atoms with Gasteiger partial charge >= 0.3 is 0 Å². The van der Waals surface area contributed by atoms with Crippen molar-refractivity contribution in [2.45, 2.75) is 27.2 Å². The number of amides is 1. The van der Waals surface area contributed by atoms with E-state index in [1.165, 1.54) is 14.2 Å². The van der Waals surface area contributed by atoms with Crippen molar-refractivity contribution in [1.82, 2.24) is 15.3 Å². The van der Waals surface area contributed by atoms with E-state index in [1.54, 1.807) is 25.1 Å². The number of nitrogens with zero attached hydrogens (tertiary/aromatic N) is 2. The molecule has 0 bridgehead atoms. The molecule has 1 heterocycles. The number of nitrogens with one attached hydrogen (secondary N) is 2. The monoisotopic (exact) mass is 392 g/mol. The largest absolute Gasteiger partial charge is 0.495 e. The van der Waals surface area contributed by atoms with Crippen LogP contribution < -0.4 is 20.1 Å². The predicted octanol–water partition coefficient (Wildman–Crippen LogP) is 3.98. The minimum absolute atomic E-state index is 0.232. The maximum Gasteiger partial charge on any atom is 0.270 e. The molecule has 1 aromatic heterocycles. The minimum atomic E-state index is -0.232. The van der Waals surface area contributed by atoms with E-state index in [0.717, 1.165) is 6.42 Å². The van der Waals surface area contributed by atoms with E-state index in [1.807, 2.05) is 0 Å². The van der Waals surface area contributed by atoms with Gasteiger partial charge in [0.15, 0.2) is 0 Å². The summed E-state index contributed by atoms with van der Waals surface area (Å²) in [4.78, 5) is 21.0. The molecule has 8 heteroatoms. The van der Waals surface area contributed by atoms with Gasteiger partial charge in [-0.15, -0.1) is 0 Å². The van der Waals surface area contributed by atoms with Crippen LogP contribution in [0.3, 0.4) is 0 Å². The molecular weight excluding hydrogens is 368 g/mol. The van der Waals surface area contributed by atoms with Crippen molar-refractivity contribution in [3.05, 3.63) is 34.6 Å². The number of aryl methyl sites for hydroxylation is 1. The number of halogens is 1. The maximum absolute atomic E-state index is 12.4. The van der Waals surface area contributed by atoms with Gasteiger partial charge in [-0.25, -0.2) is 9.97 Å². The van der Waals surface area contributed by atoms with Crippen LogP contribution in [0.15, 0.2) is 18.2 Å². The van der Waals surface area contributed by atoms with Crippen molar-refractivity contribution in [2.24, 2.45) is 5.92 Å². The first kappa shape index (κ1) is 20.8. The standard InChI is InChI=1S/C19H25ClN4O3/c1-11(2)6-7-21-18(25)15-8-12(3)22-19(24-15)23-14-10-16(26-4)13(20)9-17(14)27-5/h8-11H,6-7H2,1-5H3,(H,21,25)(H,22,23,24). The average Bonchev–Trinajstić information content (AvgIpc) is 2.61.